The van der Waals surface area contributed by atoms with Crippen LogP contribution in [0.15, 0.2) is 59.5 Å². The highest BCUT2D eigenvalue weighted by atomic mass is 16.2. The Morgan fingerprint density at radius 2 is 1.62 bits per heavy atom. The number of hydrogen-bond acceptors (Lipinski definition) is 3. The van der Waals surface area contributed by atoms with E-state index in [-0.39, 0.29) is 18.0 Å². The summed E-state index contributed by atoms with van der Waals surface area (Å²) in [7, 11) is 0. The molecule has 1 aliphatic heterocycles. The second kappa shape index (κ2) is 7.93. The molecule has 0 radical (unpaired) electrons. The monoisotopic (exact) mass is 325 g/mol. The molecule has 0 aliphatic carbocycles. The van der Waals surface area contributed by atoms with Gasteiger partial charge in [-0.15, -0.1) is 0 Å². The molecule has 0 unspecified atom stereocenters. The van der Waals surface area contributed by atoms with Crippen molar-refractivity contribution in [3.05, 3.63) is 70.6 Å². The minimum Gasteiger partial charge on any atom is -0.339 e. The van der Waals surface area contributed by atoms with Gasteiger partial charge in [0, 0.05) is 45.0 Å². The molecule has 2 aromatic rings. The van der Waals surface area contributed by atoms with Crippen LogP contribution in [-0.4, -0.2) is 53.0 Å². The fourth-order valence-corrected chi connectivity index (χ4v) is 2.99. The molecule has 0 saturated carbocycles. The van der Waals surface area contributed by atoms with Gasteiger partial charge in [0.05, 0.1) is 0 Å². The Labute approximate surface area is 142 Å². The predicted octanol–water partition coefficient (Wildman–Crippen LogP) is 1.24. The van der Waals surface area contributed by atoms with E-state index in [0.29, 0.717) is 0 Å². The quantitative estimate of drug-likeness (QED) is 0.831. The zero-order valence-corrected chi connectivity index (χ0v) is 13.8. The molecule has 0 spiro atoms. The molecule has 0 atom stereocenters. The van der Waals surface area contributed by atoms with Gasteiger partial charge in [0.15, 0.2) is 0 Å². The van der Waals surface area contributed by atoms with E-state index in [9.17, 15) is 9.59 Å². The number of piperazine rings is 1. The van der Waals surface area contributed by atoms with Gasteiger partial charge in [-0.1, -0.05) is 36.4 Å². The van der Waals surface area contributed by atoms with Crippen LogP contribution in [0.5, 0.6) is 0 Å². The summed E-state index contributed by atoms with van der Waals surface area (Å²) >= 11 is 0. The van der Waals surface area contributed by atoms with Crippen molar-refractivity contribution in [3.8, 4) is 0 Å². The minimum atomic E-state index is -0.132. The highest BCUT2D eigenvalue weighted by molar-refractivity contribution is 5.76. The first-order valence-corrected chi connectivity index (χ1v) is 8.42. The van der Waals surface area contributed by atoms with E-state index >= 15 is 0 Å². The van der Waals surface area contributed by atoms with Gasteiger partial charge in [-0.05, 0) is 18.1 Å². The molecule has 0 N–H and O–H groups in total. The summed E-state index contributed by atoms with van der Waals surface area (Å²) in [6.07, 6.45) is 2.70. The maximum absolute atomic E-state index is 12.4. The van der Waals surface area contributed by atoms with Crippen LogP contribution in [-0.2, 0) is 17.8 Å². The minimum absolute atomic E-state index is 0.0195. The van der Waals surface area contributed by atoms with Crippen molar-refractivity contribution >= 4 is 5.91 Å². The zero-order chi connectivity index (χ0) is 16.8. The fraction of sp³-hybridized carbons (Fsp3) is 0.368. The molecule has 5 heteroatoms. The standard InChI is InChI=1S/C19H23N3O2/c23-18-8-4-5-10-22(18)16-19(24)21-14-12-20(13-15-21)11-9-17-6-2-1-3-7-17/h1-8,10H,9,11-16H2. The van der Waals surface area contributed by atoms with Crippen molar-refractivity contribution in [3.63, 3.8) is 0 Å². The van der Waals surface area contributed by atoms with Crippen LogP contribution in [0, 0.1) is 0 Å². The summed E-state index contributed by atoms with van der Waals surface area (Å²) in [5.41, 5.74) is 1.21. The average Bonchev–Trinajstić information content (AvgIpc) is 2.63. The number of carbonyl (C=O) groups is 1. The number of nitrogens with zero attached hydrogens (tertiary/aromatic N) is 3. The molecule has 1 aromatic carbocycles. The third-order valence-corrected chi connectivity index (χ3v) is 4.49. The lowest BCUT2D eigenvalue weighted by atomic mass is 10.1. The Hall–Kier alpha value is -2.40. The number of benzene rings is 1. The number of rotatable bonds is 5. The lowest BCUT2D eigenvalue weighted by Crippen LogP contribution is -2.50. The van der Waals surface area contributed by atoms with Gasteiger partial charge < -0.3 is 9.47 Å². The van der Waals surface area contributed by atoms with Crippen molar-refractivity contribution in [1.29, 1.82) is 0 Å². The third-order valence-electron chi connectivity index (χ3n) is 4.49. The van der Waals surface area contributed by atoms with Crippen LogP contribution in [0.25, 0.3) is 0 Å². The molecule has 24 heavy (non-hydrogen) atoms. The van der Waals surface area contributed by atoms with Crippen molar-refractivity contribution in [2.45, 2.75) is 13.0 Å². The van der Waals surface area contributed by atoms with Crippen molar-refractivity contribution in [2.75, 3.05) is 32.7 Å². The SMILES string of the molecule is O=C(Cn1ccccc1=O)N1CCN(CCc2ccccc2)CC1. The van der Waals surface area contributed by atoms with Gasteiger partial charge in [0.1, 0.15) is 6.54 Å². The fourth-order valence-electron chi connectivity index (χ4n) is 2.99. The molecule has 5 nitrogen and oxygen atoms in total. The van der Waals surface area contributed by atoms with Gasteiger partial charge in [-0.3, -0.25) is 14.5 Å². The first kappa shape index (κ1) is 16.5. The molecule has 1 fully saturated rings. The summed E-state index contributed by atoms with van der Waals surface area (Å²) in [5, 5.41) is 0. The van der Waals surface area contributed by atoms with Crippen molar-refractivity contribution in [1.82, 2.24) is 14.4 Å². The maximum Gasteiger partial charge on any atom is 0.250 e. The van der Waals surface area contributed by atoms with E-state index < -0.39 is 0 Å². The molecule has 1 saturated heterocycles. The van der Waals surface area contributed by atoms with Gasteiger partial charge in [0.2, 0.25) is 5.91 Å². The lowest BCUT2D eigenvalue weighted by molar-refractivity contribution is -0.133. The van der Waals surface area contributed by atoms with E-state index in [4.69, 9.17) is 0 Å². The largest absolute Gasteiger partial charge is 0.339 e. The Morgan fingerprint density at radius 3 is 2.33 bits per heavy atom. The summed E-state index contributed by atoms with van der Waals surface area (Å²) < 4.78 is 1.46. The van der Waals surface area contributed by atoms with E-state index in [2.05, 4.69) is 29.2 Å². The molecule has 2 heterocycles. The predicted molar refractivity (Wildman–Crippen MR) is 93.9 cm³/mol. The smallest absolute Gasteiger partial charge is 0.250 e. The normalized spacial score (nSPS) is 15.4. The summed E-state index contributed by atoms with van der Waals surface area (Å²) in [6, 6.07) is 15.4. The van der Waals surface area contributed by atoms with Crippen molar-refractivity contribution < 1.29 is 4.79 Å². The number of aromatic nitrogens is 1. The number of pyridine rings is 1. The summed E-state index contributed by atoms with van der Waals surface area (Å²) in [5.74, 6) is 0.0195. The molecule has 0 bridgehead atoms. The van der Waals surface area contributed by atoms with Gasteiger partial charge in [-0.25, -0.2) is 0 Å². The summed E-state index contributed by atoms with van der Waals surface area (Å²) in [6.45, 7) is 4.39. The van der Waals surface area contributed by atoms with Gasteiger partial charge in [-0.2, -0.15) is 0 Å². The highest BCUT2D eigenvalue weighted by Crippen LogP contribution is 2.06. The molecule has 1 amide bonds. The molecular formula is C19H23N3O2. The number of amides is 1. The number of carbonyl (C=O) groups excluding carboxylic acids is 1. The summed E-state index contributed by atoms with van der Waals surface area (Å²) in [4.78, 5) is 28.3. The maximum atomic E-state index is 12.4. The second-order valence-corrected chi connectivity index (χ2v) is 6.12. The van der Waals surface area contributed by atoms with Crippen LogP contribution >= 0.6 is 0 Å². The van der Waals surface area contributed by atoms with E-state index in [1.807, 2.05) is 11.0 Å². The van der Waals surface area contributed by atoms with E-state index in [0.717, 1.165) is 39.1 Å². The highest BCUT2D eigenvalue weighted by Gasteiger charge is 2.21. The topological polar surface area (TPSA) is 45.6 Å². The van der Waals surface area contributed by atoms with Crippen molar-refractivity contribution in [2.24, 2.45) is 0 Å². The Balaban J connectivity index is 1.45. The van der Waals surface area contributed by atoms with Crippen LogP contribution in [0.4, 0.5) is 0 Å². The lowest BCUT2D eigenvalue weighted by Gasteiger charge is -2.34. The van der Waals surface area contributed by atoms with Crippen LogP contribution in [0.3, 0.4) is 0 Å². The van der Waals surface area contributed by atoms with Crippen LogP contribution in [0.1, 0.15) is 5.56 Å². The Bertz CT molecular complexity index is 719. The third kappa shape index (κ3) is 4.32. The van der Waals surface area contributed by atoms with Crippen LogP contribution < -0.4 is 5.56 Å². The Kier molecular flexibility index (Phi) is 5.43. The first-order valence-electron chi connectivity index (χ1n) is 8.42. The molecule has 1 aliphatic rings. The molecule has 1 aromatic heterocycles. The first-order chi connectivity index (χ1) is 11.7. The molecular weight excluding hydrogens is 302 g/mol. The van der Waals surface area contributed by atoms with E-state index in [1.54, 1.807) is 18.3 Å². The van der Waals surface area contributed by atoms with Gasteiger partial charge in [0.25, 0.3) is 5.56 Å². The van der Waals surface area contributed by atoms with Gasteiger partial charge >= 0.3 is 0 Å². The molecule has 3 rings (SSSR count). The van der Waals surface area contributed by atoms with E-state index in [1.165, 1.54) is 16.2 Å². The average molecular weight is 325 g/mol. The second-order valence-electron chi connectivity index (χ2n) is 6.12. The molecule has 126 valence electrons. The van der Waals surface area contributed by atoms with Crippen LogP contribution in [0.2, 0.25) is 0 Å². The Morgan fingerprint density at radius 1 is 0.917 bits per heavy atom. The zero-order valence-electron chi connectivity index (χ0n) is 13.8. The number of hydrogen-bond donors (Lipinski definition) is 0.